The molecule has 2 aromatic rings. The number of nitroso groups, excluding NO2 is 1. The normalized spacial score (nSPS) is 17.2. The predicted octanol–water partition coefficient (Wildman–Crippen LogP) is 3.61. The number of likely N-dealkylation sites (tertiary alicyclic amines) is 1. The highest BCUT2D eigenvalue weighted by Gasteiger charge is 2.31. The molecule has 7 nitrogen and oxygen atoms in total. The van der Waals surface area contributed by atoms with E-state index in [1.54, 1.807) is 0 Å². The molecular weight excluding hydrogens is 383 g/mol. The highest BCUT2D eigenvalue weighted by Crippen LogP contribution is 2.35. The molecule has 0 radical (unpaired) electrons. The van der Waals surface area contributed by atoms with Crippen LogP contribution in [0, 0.1) is 16.8 Å². The van der Waals surface area contributed by atoms with Gasteiger partial charge in [0.1, 0.15) is 12.2 Å². The minimum atomic E-state index is -2.68. The maximum atomic E-state index is 13.1. The van der Waals surface area contributed by atoms with Crippen LogP contribution in [0.25, 0.3) is 0 Å². The highest BCUT2D eigenvalue weighted by atomic mass is 32.1. The molecule has 3 heterocycles. The van der Waals surface area contributed by atoms with Crippen LogP contribution in [0.2, 0.25) is 0 Å². The fraction of sp³-hybridized carbons (Fsp3) is 0.562. The summed E-state index contributed by atoms with van der Waals surface area (Å²) in [6.07, 6.45) is -1.14. The van der Waals surface area contributed by atoms with Crippen LogP contribution in [0.15, 0.2) is 22.8 Å². The molecule has 0 spiro atoms. The van der Waals surface area contributed by atoms with E-state index in [2.05, 4.69) is 20.4 Å². The van der Waals surface area contributed by atoms with Crippen LogP contribution in [0.1, 0.15) is 35.9 Å². The van der Waals surface area contributed by atoms with Gasteiger partial charge in [0.05, 0.1) is 23.0 Å². The van der Waals surface area contributed by atoms with Gasteiger partial charge >= 0.3 is 0 Å². The molecule has 1 fully saturated rings. The number of nitrogens with zero attached hydrogens (tertiary/aromatic N) is 5. The lowest BCUT2D eigenvalue weighted by molar-refractivity contribution is 0.104. The second kappa shape index (κ2) is 9.18. The summed E-state index contributed by atoms with van der Waals surface area (Å²) in [5.74, 6) is -0.168. The van der Waals surface area contributed by atoms with Gasteiger partial charge in [-0.2, -0.15) is 9.30 Å². The third-order valence-corrected chi connectivity index (χ3v) is 5.49. The molecule has 1 atom stereocenters. The predicted molar refractivity (Wildman–Crippen MR) is 92.3 cm³/mol. The highest BCUT2D eigenvalue weighted by molar-refractivity contribution is 7.09. The van der Waals surface area contributed by atoms with Crippen molar-refractivity contribution >= 4 is 11.3 Å². The summed E-state index contributed by atoms with van der Waals surface area (Å²) >= 11 is 1.13. The molecule has 2 aromatic heterocycles. The number of aromatic nitrogens is 3. The Hall–Kier alpha value is -2.14. The molecule has 0 aromatic carbocycles. The number of hydrogen-bond acceptors (Lipinski definition) is 8. The fourth-order valence-electron chi connectivity index (χ4n) is 3.13. The second-order valence-electron chi connectivity index (χ2n) is 6.21. The molecule has 1 aliphatic heterocycles. The summed E-state index contributed by atoms with van der Waals surface area (Å²) in [5, 5.41) is 9.84. The minimum absolute atomic E-state index is 0.0890. The number of ether oxygens (including phenoxy) is 1. The van der Waals surface area contributed by atoms with Crippen molar-refractivity contribution in [3.05, 3.63) is 39.1 Å². The number of alkyl halides is 2. The Morgan fingerprint density at radius 2 is 2.07 bits per heavy atom. The monoisotopic (exact) mass is 401 g/mol. The van der Waals surface area contributed by atoms with Crippen LogP contribution in [-0.2, 0) is 0 Å². The lowest BCUT2D eigenvalue weighted by Crippen LogP contribution is -2.39. The van der Waals surface area contributed by atoms with Gasteiger partial charge in [-0.05, 0) is 31.8 Å². The molecule has 146 valence electrons. The van der Waals surface area contributed by atoms with Gasteiger partial charge in [-0.15, -0.1) is 21.5 Å². The quantitative estimate of drug-likeness (QED) is 0.629. The van der Waals surface area contributed by atoms with E-state index >= 15 is 0 Å². The first-order valence-electron chi connectivity index (χ1n) is 8.45. The third kappa shape index (κ3) is 4.98. The van der Waals surface area contributed by atoms with Gasteiger partial charge in [0.2, 0.25) is 11.8 Å². The van der Waals surface area contributed by atoms with E-state index in [1.165, 1.54) is 17.6 Å². The number of hydrogen-bond donors (Lipinski definition) is 0. The minimum Gasteiger partial charge on any atom is -0.476 e. The van der Waals surface area contributed by atoms with Crippen molar-refractivity contribution in [3.63, 3.8) is 0 Å². The van der Waals surface area contributed by atoms with Gasteiger partial charge in [0.15, 0.2) is 0 Å². The summed E-state index contributed by atoms with van der Waals surface area (Å²) in [6.45, 7) is 1.58. The van der Waals surface area contributed by atoms with E-state index in [9.17, 15) is 18.1 Å². The van der Waals surface area contributed by atoms with Crippen molar-refractivity contribution in [2.45, 2.75) is 25.3 Å². The first kappa shape index (κ1) is 19.6. The van der Waals surface area contributed by atoms with E-state index in [4.69, 9.17) is 4.74 Å². The first-order valence-corrected chi connectivity index (χ1v) is 9.33. The van der Waals surface area contributed by atoms with E-state index < -0.39 is 18.4 Å². The summed E-state index contributed by atoms with van der Waals surface area (Å²) < 4.78 is 44.6. The number of piperidine rings is 1. The maximum absolute atomic E-state index is 13.1. The van der Waals surface area contributed by atoms with Gasteiger partial charge < -0.3 is 4.74 Å². The van der Waals surface area contributed by atoms with Gasteiger partial charge in [0, 0.05) is 12.1 Å². The van der Waals surface area contributed by atoms with Crippen LogP contribution in [0.3, 0.4) is 0 Å². The van der Waals surface area contributed by atoms with Gasteiger partial charge in [-0.3, -0.25) is 4.90 Å². The molecule has 0 N–H and O–H groups in total. The van der Waals surface area contributed by atoms with Crippen molar-refractivity contribution in [3.8, 4) is 5.88 Å². The number of rotatable bonds is 8. The lowest BCUT2D eigenvalue weighted by atomic mass is 9.96. The zero-order valence-electron chi connectivity index (χ0n) is 14.3. The second-order valence-corrected chi connectivity index (χ2v) is 7.10. The zero-order chi connectivity index (χ0) is 19.2. The molecule has 0 aliphatic carbocycles. The standard InChI is InChI=1S/C16H18F3N5O2S/c17-12-1-2-13(23-22-12)26-8-10-3-5-24(6-4-10)11(7-21-25)15-14(16(18)19)20-9-27-15/h1-2,9-11,16H,3-8H2. The Kier molecular flexibility index (Phi) is 6.67. The van der Waals surface area contributed by atoms with E-state index in [0.717, 1.165) is 24.2 Å². The third-order valence-electron chi connectivity index (χ3n) is 4.55. The van der Waals surface area contributed by atoms with Crippen molar-refractivity contribution in [1.82, 2.24) is 20.1 Å². The average Bonchev–Trinajstić information content (AvgIpc) is 3.16. The Bertz CT molecular complexity index is 738. The SMILES string of the molecule is O=NCC(c1scnc1C(F)F)N1CCC(COc2ccc(F)nn2)CC1. The van der Waals surface area contributed by atoms with Gasteiger partial charge in [-0.1, -0.05) is 5.18 Å². The van der Waals surface area contributed by atoms with Crippen LogP contribution < -0.4 is 4.74 Å². The van der Waals surface area contributed by atoms with E-state index in [-0.39, 0.29) is 24.0 Å². The molecule has 1 unspecified atom stereocenters. The lowest BCUT2D eigenvalue weighted by Gasteiger charge is -2.36. The largest absolute Gasteiger partial charge is 0.476 e. The van der Waals surface area contributed by atoms with Crippen molar-refractivity contribution in [1.29, 1.82) is 0 Å². The summed E-state index contributed by atoms with van der Waals surface area (Å²) in [7, 11) is 0. The molecule has 0 saturated carbocycles. The van der Waals surface area contributed by atoms with Gasteiger partial charge in [0.25, 0.3) is 6.43 Å². The van der Waals surface area contributed by atoms with E-state index in [0.29, 0.717) is 24.6 Å². The zero-order valence-corrected chi connectivity index (χ0v) is 15.1. The smallest absolute Gasteiger partial charge is 0.281 e. The number of thiazole rings is 1. The molecular formula is C16H18F3N5O2S. The molecule has 0 bridgehead atoms. The molecule has 3 rings (SSSR count). The first-order chi connectivity index (χ1) is 13.1. The van der Waals surface area contributed by atoms with Gasteiger partial charge in [-0.25, -0.2) is 13.8 Å². The molecule has 27 heavy (non-hydrogen) atoms. The Balaban J connectivity index is 1.56. The molecule has 11 heteroatoms. The van der Waals surface area contributed by atoms with Crippen LogP contribution >= 0.6 is 11.3 Å². The Morgan fingerprint density at radius 3 is 2.70 bits per heavy atom. The summed E-state index contributed by atoms with van der Waals surface area (Å²) in [6, 6.07) is 2.11. The Labute approximate surface area is 157 Å². The fourth-order valence-corrected chi connectivity index (χ4v) is 4.05. The number of halogens is 3. The molecule has 0 amide bonds. The van der Waals surface area contributed by atoms with Crippen molar-refractivity contribution in [2.24, 2.45) is 11.1 Å². The van der Waals surface area contributed by atoms with Crippen LogP contribution in [0.4, 0.5) is 13.2 Å². The average molecular weight is 401 g/mol. The molecule has 1 aliphatic rings. The van der Waals surface area contributed by atoms with Crippen molar-refractivity contribution in [2.75, 3.05) is 26.2 Å². The van der Waals surface area contributed by atoms with Crippen LogP contribution in [0.5, 0.6) is 5.88 Å². The Morgan fingerprint density at radius 1 is 1.30 bits per heavy atom. The summed E-state index contributed by atoms with van der Waals surface area (Å²) in [4.78, 5) is 17.0. The van der Waals surface area contributed by atoms with Crippen molar-refractivity contribution < 1.29 is 17.9 Å². The summed E-state index contributed by atoms with van der Waals surface area (Å²) in [5.41, 5.74) is 1.10. The van der Waals surface area contributed by atoms with E-state index in [1.807, 2.05) is 4.90 Å². The van der Waals surface area contributed by atoms with Crippen LogP contribution in [-0.4, -0.2) is 46.3 Å². The maximum Gasteiger partial charge on any atom is 0.281 e. The molecule has 1 saturated heterocycles. The topological polar surface area (TPSA) is 80.6 Å².